The van der Waals surface area contributed by atoms with Gasteiger partial charge in [0.05, 0.1) is 34.0 Å². The normalized spacial score (nSPS) is 18.4. The highest BCUT2D eigenvalue weighted by Crippen LogP contribution is 2.42. The van der Waals surface area contributed by atoms with E-state index in [9.17, 15) is 19.5 Å². The van der Waals surface area contributed by atoms with E-state index in [-0.39, 0.29) is 24.8 Å². The number of carbonyl (C=O) groups excluding carboxylic acids is 1. The van der Waals surface area contributed by atoms with Crippen molar-refractivity contribution in [2.75, 3.05) is 20.8 Å². The van der Waals surface area contributed by atoms with Crippen LogP contribution in [0.25, 0.3) is 22.3 Å². The molecule has 6 rings (SSSR count). The number of amides is 1. The SMILES string of the molecule is COc1ccc(-c2ccc(COC[C@H]3O[C@@H](n4cc(C(N)=O)c(=O)n(Cc5ccccc5)c4=O)[C@H](O[Si](C)(C)C(C)(C)C)[C@@H]3O)c(-c3ccc(OC)cc3)c2)cc1. The van der Waals surface area contributed by atoms with Gasteiger partial charge in [-0.2, -0.15) is 0 Å². The lowest BCUT2D eigenvalue weighted by Crippen LogP contribution is -2.51. The Morgan fingerprint density at radius 3 is 2.04 bits per heavy atom. The number of aromatic nitrogens is 2. The number of ether oxygens (including phenoxy) is 4. The summed E-state index contributed by atoms with van der Waals surface area (Å²) in [4.78, 5) is 40.2. The first-order valence-electron chi connectivity index (χ1n) is 18.8. The van der Waals surface area contributed by atoms with E-state index in [1.165, 1.54) is 0 Å². The molecule has 5 aromatic rings. The van der Waals surface area contributed by atoms with Crippen molar-refractivity contribution in [3.8, 4) is 33.8 Å². The van der Waals surface area contributed by atoms with E-state index >= 15 is 0 Å². The van der Waals surface area contributed by atoms with Gasteiger partial charge in [-0.15, -0.1) is 0 Å². The number of nitrogens with two attached hydrogens (primary N) is 1. The van der Waals surface area contributed by atoms with Gasteiger partial charge in [-0.05, 0) is 81.8 Å². The Kier molecular flexibility index (Phi) is 12.4. The summed E-state index contributed by atoms with van der Waals surface area (Å²) in [6.45, 7) is 10.3. The zero-order chi connectivity index (χ0) is 41.1. The molecule has 0 saturated carbocycles. The summed E-state index contributed by atoms with van der Waals surface area (Å²) >= 11 is 0. The zero-order valence-electron chi connectivity index (χ0n) is 33.4. The van der Waals surface area contributed by atoms with Gasteiger partial charge in [-0.25, -0.2) is 4.79 Å². The van der Waals surface area contributed by atoms with Crippen LogP contribution in [0.4, 0.5) is 0 Å². The number of aliphatic hydroxyl groups is 1. The number of benzene rings is 4. The number of methoxy groups -OCH3 is 2. The number of rotatable bonds is 14. The van der Waals surface area contributed by atoms with Crippen LogP contribution in [0.1, 0.15) is 48.5 Å². The molecular weight excluding hydrogens is 743 g/mol. The monoisotopic (exact) mass is 793 g/mol. The Morgan fingerprint density at radius 2 is 1.46 bits per heavy atom. The van der Waals surface area contributed by atoms with Crippen molar-refractivity contribution in [2.45, 2.75) is 76.6 Å². The van der Waals surface area contributed by atoms with Crippen LogP contribution in [-0.4, -0.2) is 67.6 Å². The lowest BCUT2D eigenvalue weighted by Gasteiger charge is -2.40. The molecule has 300 valence electrons. The summed E-state index contributed by atoms with van der Waals surface area (Å²) in [5.41, 5.74) is 9.21. The van der Waals surface area contributed by atoms with Crippen molar-refractivity contribution in [1.82, 2.24) is 9.13 Å². The summed E-state index contributed by atoms with van der Waals surface area (Å²) in [7, 11) is 0.657. The van der Waals surface area contributed by atoms with E-state index in [0.29, 0.717) is 5.56 Å². The van der Waals surface area contributed by atoms with Gasteiger partial charge < -0.3 is 34.2 Å². The van der Waals surface area contributed by atoms with E-state index in [2.05, 4.69) is 26.8 Å². The van der Waals surface area contributed by atoms with Gasteiger partial charge in [0.1, 0.15) is 35.4 Å². The van der Waals surface area contributed by atoms with Crippen LogP contribution in [0, 0.1) is 0 Å². The van der Waals surface area contributed by atoms with Crippen LogP contribution >= 0.6 is 0 Å². The van der Waals surface area contributed by atoms with Crippen molar-refractivity contribution < 1.29 is 33.3 Å². The Bertz CT molecular complexity index is 2300. The third-order valence-electron chi connectivity index (χ3n) is 10.9. The van der Waals surface area contributed by atoms with E-state index < -0.39 is 55.6 Å². The Labute approximate surface area is 333 Å². The molecule has 57 heavy (non-hydrogen) atoms. The van der Waals surface area contributed by atoms with Gasteiger partial charge in [-0.3, -0.25) is 18.7 Å². The van der Waals surface area contributed by atoms with Crippen LogP contribution in [0.15, 0.2) is 113 Å². The highest BCUT2D eigenvalue weighted by atomic mass is 28.4. The second kappa shape index (κ2) is 17.0. The molecule has 0 bridgehead atoms. The molecule has 1 saturated heterocycles. The molecule has 13 heteroatoms. The molecule has 2 heterocycles. The fourth-order valence-electron chi connectivity index (χ4n) is 6.59. The Morgan fingerprint density at radius 1 is 0.860 bits per heavy atom. The minimum atomic E-state index is -2.60. The molecule has 4 aromatic carbocycles. The predicted octanol–water partition coefficient (Wildman–Crippen LogP) is 6.37. The number of hydrogen-bond acceptors (Lipinski definition) is 9. The number of nitrogens with zero attached hydrogens (tertiary/aromatic N) is 2. The topological polar surface area (TPSA) is 153 Å². The first-order chi connectivity index (χ1) is 27.1. The van der Waals surface area contributed by atoms with Gasteiger partial charge in [-0.1, -0.05) is 87.5 Å². The van der Waals surface area contributed by atoms with Crippen LogP contribution in [0.2, 0.25) is 18.1 Å². The molecule has 4 atom stereocenters. The van der Waals surface area contributed by atoms with Crippen molar-refractivity contribution in [3.63, 3.8) is 0 Å². The quantitative estimate of drug-likeness (QED) is 0.122. The molecule has 1 fully saturated rings. The van der Waals surface area contributed by atoms with Gasteiger partial charge in [0.15, 0.2) is 14.5 Å². The average Bonchev–Trinajstić information content (AvgIpc) is 3.49. The maximum atomic E-state index is 14.2. The lowest BCUT2D eigenvalue weighted by atomic mass is 9.94. The summed E-state index contributed by atoms with van der Waals surface area (Å²) < 4.78 is 32.4. The standard InChI is InChI=1S/C44H51N3O9Si/c1-44(2,3)57(6,7)56-39-38(48)37(55-42(39)47-25-36(40(45)49)41(50)46(43(47)51)24-28-11-9-8-10-12-28)27-54-26-32-14-13-31(29-15-19-33(52-4)20-16-29)23-35(32)30-17-21-34(53-5)22-18-30/h8-23,25,37-39,42,48H,24,26-27H2,1-7H3,(H2,45,49)/t37-,38-,39-,42-/m1/s1. The molecular formula is C44H51N3O9Si. The first-order valence-corrected chi connectivity index (χ1v) is 21.7. The van der Waals surface area contributed by atoms with Gasteiger partial charge in [0, 0.05) is 6.20 Å². The smallest absolute Gasteiger partial charge is 0.333 e. The highest BCUT2D eigenvalue weighted by molar-refractivity contribution is 6.74. The predicted molar refractivity (Wildman–Crippen MR) is 221 cm³/mol. The molecule has 1 amide bonds. The molecule has 1 aliphatic rings. The van der Waals surface area contributed by atoms with E-state index in [1.54, 1.807) is 38.5 Å². The summed E-state index contributed by atoms with van der Waals surface area (Å²) in [5.74, 6) is 0.500. The molecule has 1 aliphatic heterocycles. The number of hydrogen-bond donors (Lipinski definition) is 2. The lowest BCUT2D eigenvalue weighted by molar-refractivity contribution is -0.0707. The molecule has 12 nitrogen and oxygen atoms in total. The number of carbonyl (C=O) groups is 1. The molecule has 0 spiro atoms. The van der Waals surface area contributed by atoms with Crippen LogP contribution < -0.4 is 26.5 Å². The zero-order valence-corrected chi connectivity index (χ0v) is 34.4. The molecule has 3 N–H and O–H groups in total. The van der Waals surface area contributed by atoms with Crippen molar-refractivity contribution in [2.24, 2.45) is 5.73 Å². The molecule has 1 aromatic heterocycles. The van der Waals surface area contributed by atoms with E-state index in [4.69, 9.17) is 29.1 Å². The van der Waals surface area contributed by atoms with E-state index in [0.717, 1.165) is 54.6 Å². The second-order valence-corrected chi connectivity index (χ2v) is 20.5. The molecule has 0 aliphatic carbocycles. The minimum absolute atomic E-state index is 0.0571. The fraction of sp³-hybridized carbons (Fsp3) is 0.341. The van der Waals surface area contributed by atoms with Gasteiger partial charge >= 0.3 is 5.69 Å². The van der Waals surface area contributed by atoms with Crippen LogP contribution in [0.5, 0.6) is 11.5 Å². The second-order valence-electron chi connectivity index (χ2n) is 15.7. The Hall–Kier alpha value is -5.31. The average molecular weight is 794 g/mol. The van der Waals surface area contributed by atoms with Gasteiger partial charge in [0.25, 0.3) is 11.5 Å². The molecule has 0 unspecified atom stereocenters. The van der Waals surface area contributed by atoms with Crippen molar-refractivity contribution in [3.05, 3.63) is 141 Å². The first kappa shape index (κ1) is 41.3. The summed E-state index contributed by atoms with van der Waals surface area (Å²) in [5, 5.41) is 11.6. The van der Waals surface area contributed by atoms with Crippen LogP contribution in [-0.2, 0) is 27.1 Å². The maximum Gasteiger partial charge on any atom is 0.333 e. The maximum absolute atomic E-state index is 14.2. The third kappa shape index (κ3) is 8.98. The highest BCUT2D eigenvalue weighted by Gasteiger charge is 2.51. The Balaban J connectivity index is 1.32. The molecule has 0 radical (unpaired) electrons. The summed E-state index contributed by atoms with van der Waals surface area (Å²) in [6.07, 6.45) is -3.32. The largest absolute Gasteiger partial charge is 0.497 e. The minimum Gasteiger partial charge on any atom is -0.497 e. The number of primary amides is 1. The van der Waals surface area contributed by atoms with E-state index in [1.807, 2.05) is 79.8 Å². The fourth-order valence-corrected chi connectivity index (χ4v) is 7.88. The van der Waals surface area contributed by atoms with Crippen molar-refractivity contribution in [1.29, 1.82) is 0 Å². The third-order valence-corrected chi connectivity index (χ3v) is 15.4. The van der Waals surface area contributed by atoms with Crippen LogP contribution in [0.3, 0.4) is 0 Å². The van der Waals surface area contributed by atoms with Crippen molar-refractivity contribution >= 4 is 14.2 Å². The van der Waals surface area contributed by atoms with Gasteiger partial charge in [0.2, 0.25) is 0 Å². The summed E-state index contributed by atoms with van der Waals surface area (Å²) in [6, 6.07) is 30.7. The number of aliphatic hydroxyl groups excluding tert-OH is 1.